The first kappa shape index (κ1) is 17.5. The normalized spacial score (nSPS) is 14.6. The highest BCUT2D eigenvalue weighted by Crippen LogP contribution is 2.48. The summed E-state index contributed by atoms with van der Waals surface area (Å²) in [5.41, 5.74) is 7.61. The summed E-state index contributed by atoms with van der Waals surface area (Å²) < 4.78 is 5.14. The minimum Gasteiger partial charge on any atom is -0.316 e. The molecule has 33 heavy (non-hydrogen) atoms. The summed E-state index contributed by atoms with van der Waals surface area (Å²) in [7, 11) is 0. The molecule has 8 rings (SSSR count). The van der Waals surface area contributed by atoms with Gasteiger partial charge in [-0.3, -0.25) is 0 Å². The van der Waals surface area contributed by atoms with E-state index in [0.717, 1.165) is 0 Å². The molecular weight excluding hydrogens is 400 g/mol. The van der Waals surface area contributed by atoms with Gasteiger partial charge in [0.2, 0.25) is 0 Å². The maximum Gasteiger partial charge on any atom is 0.116 e. The molecule has 0 saturated heterocycles. The molecule has 156 valence electrons. The van der Waals surface area contributed by atoms with E-state index in [0.29, 0.717) is 0 Å². The molecule has 0 aliphatic carbocycles. The highest BCUT2D eigenvalue weighted by atomic mass is 15.3. The van der Waals surface area contributed by atoms with Crippen LogP contribution in [0, 0.1) is 0 Å². The van der Waals surface area contributed by atoms with Gasteiger partial charge in [-0.05, 0) is 48.6 Å². The van der Waals surface area contributed by atoms with Gasteiger partial charge >= 0.3 is 0 Å². The Hall–Kier alpha value is -4.04. The average Bonchev–Trinajstić information content (AvgIpc) is 3.38. The minimum absolute atomic E-state index is 0.238. The molecule has 2 aromatic heterocycles. The summed E-state index contributed by atoms with van der Waals surface area (Å²) >= 11 is 0. The van der Waals surface area contributed by atoms with Crippen LogP contribution in [-0.2, 0) is 5.66 Å². The van der Waals surface area contributed by atoms with Crippen molar-refractivity contribution in [3.63, 3.8) is 0 Å². The molecule has 0 fully saturated rings. The lowest BCUT2D eigenvalue weighted by Crippen LogP contribution is -2.36. The van der Waals surface area contributed by atoms with Gasteiger partial charge in [0, 0.05) is 26.9 Å². The Morgan fingerprint density at radius 3 is 1.91 bits per heavy atom. The van der Waals surface area contributed by atoms with E-state index in [1.807, 2.05) is 0 Å². The van der Waals surface area contributed by atoms with Gasteiger partial charge in [-0.1, -0.05) is 78.9 Å². The number of rotatable bonds is 1. The zero-order valence-electron chi connectivity index (χ0n) is 18.6. The summed E-state index contributed by atoms with van der Waals surface area (Å²) in [6.07, 6.45) is 0. The van der Waals surface area contributed by atoms with Gasteiger partial charge in [0.05, 0.1) is 22.1 Å². The van der Waals surface area contributed by atoms with Crippen molar-refractivity contribution in [3.05, 3.63) is 97.1 Å². The fourth-order valence-corrected chi connectivity index (χ4v) is 6.41. The zero-order valence-corrected chi connectivity index (χ0v) is 18.6. The van der Waals surface area contributed by atoms with Crippen LogP contribution in [0.2, 0.25) is 0 Å². The summed E-state index contributed by atoms with van der Waals surface area (Å²) in [5, 5.41) is 8.03. The first-order chi connectivity index (χ1) is 16.1. The molecule has 2 heteroatoms. The Morgan fingerprint density at radius 2 is 1.15 bits per heavy atom. The number of benzene rings is 5. The lowest BCUT2D eigenvalue weighted by molar-refractivity contribution is 0.328. The van der Waals surface area contributed by atoms with Gasteiger partial charge in [0.25, 0.3) is 0 Å². The van der Waals surface area contributed by atoms with Crippen LogP contribution in [0.3, 0.4) is 0 Å². The monoisotopic (exact) mass is 422 g/mol. The lowest BCUT2D eigenvalue weighted by Gasteiger charge is -2.36. The van der Waals surface area contributed by atoms with Crippen molar-refractivity contribution >= 4 is 54.4 Å². The van der Waals surface area contributed by atoms with Crippen molar-refractivity contribution in [3.8, 4) is 11.1 Å². The summed E-state index contributed by atoms with van der Waals surface area (Å²) in [4.78, 5) is 0. The molecule has 2 nitrogen and oxygen atoms in total. The molecule has 0 spiro atoms. The van der Waals surface area contributed by atoms with Gasteiger partial charge in [0.1, 0.15) is 5.66 Å². The second-order valence-electron chi connectivity index (χ2n) is 9.80. The van der Waals surface area contributed by atoms with Crippen molar-refractivity contribution in [2.75, 3.05) is 0 Å². The Morgan fingerprint density at radius 1 is 0.515 bits per heavy atom. The molecule has 0 unspecified atom stereocenters. The van der Waals surface area contributed by atoms with Gasteiger partial charge < -0.3 is 9.13 Å². The second kappa shape index (κ2) is 5.65. The highest BCUT2D eigenvalue weighted by molar-refractivity contribution is 6.28. The molecule has 0 radical (unpaired) electrons. The molecule has 3 heterocycles. The van der Waals surface area contributed by atoms with E-state index in [2.05, 4.69) is 120 Å². The number of hydrogen-bond acceptors (Lipinski definition) is 0. The maximum absolute atomic E-state index is 2.58. The molecule has 0 N–H and O–H groups in total. The quantitative estimate of drug-likeness (QED) is 0.252. The van der Waals surface area contributed by atoms with Gasteiger partial charge in [-0.2, -0.15) is 0 Å². The van der Waals surface area contributed by atoms with Gasteiger partial charge in [-0.15, -0.1) is 0 Å². The largest absolute Gasteiger partial charge is 0.316 e. The predicted molar refractivity (Wildman–Crippen MR) is 140 cm³/mol. The molecular formula is C31H22N2. The summed E-state index contributed by atoms with van der Waals surface area (Å²) in [6, 6.07) is 35.8. The number of nitrogens with zero attached hydrogens (tertiary/aromatic N) is 2. The molecule has 0 amide bonds. The predicted octanol–water partition coefficient (Wildman–Crippen LogP) is 8.28. The van der Waals surface area contributed by atoms with E-state index in [9.17, 15) is 0 Å². The minimum atomic E-state index is -0.238. The smallest absolute Gasteiger partial charge is 0.116 e. The number of aromatic nitrogens is 2. The average molecular weight is 423 g/mol. The van der Waals surface area contributed by atoms with Crippen molar-refractivity contribution < 1.29 is 0 Å². The van der Waals surface area contributed by atoms with E-state index in [1.54, 1.807) is 0 Å². The Kier molecular flexibility index (Phi) is 3.00. The molecule has 1 aliphatic heterocycles. The molecule has 0 bridgehead atoms. The summed E-state index contributed by atoms with van der Waals surface area (Å²) in [5.74, 6) is 0. The van der Waals surface area contributed by atoms with E-state index >= 15 is 0 Å². The maximum atomic E-state index is 2.58. The fourth-order valence-electron chi connectivity index (χ4n) is 6.41. The van der Waals surface area contributed by atoms with Crippen LogP contribution in [0.25, 0.3) is 65.5 Å². The molecule has 5 aromatic carbocycles. The van der Waals surface area contributed by atoms with E-state index in [4.69, 9.17) is 0 Å². The standard InChI is InChI=1S/C31H22N2/c1-31(2)32-26-11-7-6-10-22(26)23-15-12-20-13-16-24-25-18-21(19-8-4-3-5-9-19)14-17-27(25)33(31)30(24)28(20)29(23)32/h3-18H,1-2H3. The van der Waals surface area contributed by atoms with Crippen LogP contribution in [0.1, 0.15) is 13.8 Å². The second-order valence-corrected chi connectivity index (χ2v) is 9.80. The van der Waals surface area contributed by atoms with E-state index in [1.165, 1.54) is 65.5 Å². The highest BCUT2D eigenvalue weighted by Gasteiger charge is 2.35. The van der Waals surface area contributed by atoms with Crippen molar-refractivity contribution in [2.24, 2.45) is 0 Å². The van der Waals surface area contributed by atoms with Gasteiger partial charge in [-0.25, -0.2) is 0 Å². The number of para-hydroxylation sites is 1. The Labute approximate surface area is 191 Å². The van der Waals surface area contributed by atoms with Crippen LogP contribution in [0.5, 0.6) is 0 Å². The Bertz CT molecular complexity index is 1930. The Balaban J connectivity index is 1.63. The van der Waals surface area contributed by atoms with E-state index < -0.39 is 0 Å². The first-order valence-corrected chi connectivity index (χ1v) is 11.6. The van der Waals surface area contributed by atoms with Crippen LogP contribution in [0.4, 0.5) is 0 Å². The lowest BCUT2D eigenvalue weighted by atomic mass is 9.99. The van der Waals surface area contributed by atoms with Crippen molar-refractivity contribution in [2.45, 2.75) is 19.5 Å². The van der Waals surface area contributed by atoms with Gasteiger partial charge in [0.15, 0.2) is 0 Å². The SMILES string of the molecule is CC1(C)n2c3ccccc3c3ccc4ccc5c6cc(-c7ccccc7)ccc6n1c5c4c32. The van der Waals surface area contributed by atoms with Crippen LogP contribution in [-0.4, -0.2) is 9.13 Å². The van der Waals surface area contributed by atoms with Crippen LogP contribution >= 0.6 is 0 Å². The van der Waals surface area contributed by atoms with Crippen LogP contribution in [0.15, 0.2) is 97.1 Å². The molecule has 7 aromatic rings. The third-order valence-electron chi connectivity index (χ3n) is 7.74. The zero-order chi connectivity index (χ0) is 21.9. The van der Waals surface area contributed by atoms with Crippen molar-refractivity contribution in [1.29, 1.82) is 0 Å². The van der Waals surface area contributed by atoms with Crippen LogP contribution < -0.4 is 0 Å². The molecule has 0 atom stereocenters. The first-order valence-electron chi connectivity index (χ1n) is 11.6. The van der Waals surface area contributed by atoms with Crippen molar-refractivity contribution in [1.82, 2.24) is 9.13 Å². The third kappa shape index (κ3) is 1.96. The van der Waals surface area contributed by atoms with E-state index in [-0.39, 0.29) is 5.66 Å². The number of fused-ring (bicyclic) bond motifs is 6. The summed E-state index contributed by atoms with van der Waals surface area (Å²) in [6.45, 7) is 4.72. The molecule has 0 saturated carbocycles. The topological polar surface area (TPSA) is 9.86 Å². The molecule has 1 aliphatic rings. The fraction of sp³-hybridized carbons (Fsp3) is 0.0968. The number of hydrogen-bond donors (Lipinski definition) is 0. The third-order valence-corrected chi connectivity index (χ3v) is 7.74.